The molecule has 242 valence electrons. The number of hydrogen-bond donors (Lipinski definition) is 2. The molecular weight excluding hydrogens is 643 g/mol. The van der Waals surface area contributed by atoms with Gasteiger partial charge in [0.15, 0.2) is 0 Å². The third-order valence-corrected chi connectivity index (χ3v) is 8.83. The van der Waals surface area contributed by atoms with Crippen molar-refractivity contribution < 1.29 is 31.1 Å². The van der Waals surface area contributed by atoms with Crippen LogP contribution >= 0.6 is 23.2 Å². The second kappa shape index (κ2) is 12.9. The van der Waals surface area contributed by atoms with Gasteiger partial charge in [-0.25, -0.2) is 4.98 Å². The van der Waals surface area contributed by atoms with E-state index in [1.54, 1.807) is 52.9 Å². The maximum atomic E-state index is 14.2. The highest BCUT2D eigenvalue weighted by Gasteiger charge is 2.56. The van der Waals surface area contributed by atoms with Gasteiger partial charge in [-0.05, 0) is 48.2 Å². The van der Waals surface area contributed by atoms with Gasteiger partial charge in [0.2, 0.25) is 11.5 Å². The molecule has 2 heterocycles. The molecule has 1 aliphatic rings. The summed E-state index contributed by atoms with van der Waals surface area (Å²) in [6.07, 6.45) is -8.48. The number of imidazole rings is 1. The van der Waals surface area contributed by atoms with Crippen LogP contribution in [0.5, 0.6) is 0 Å². The summed E-state index contributed by atoms with van der Waals surface area (Å²) in [5, 5.41) is 6.68. The molecule has 45 heavy (non-hydrogen) atoms. The quantitative estimate of drug-likeness (QED) is 0.174. The Labute approximate surface area is 266 Å². The maximum absolute atomic E-state index is 14.2. The zero-order chi connectivity index (χ0) is 32.6. The van der Waals surface area contributed by atoms with Crippen molar-refractivity contribution >= 4 is 51.6 Å². The fourth-order valence-corrected chi connectivity index (χ4v) is 6.12. The molecule has 1 saturated heterocycles. The fraction of sp³-hybridized carbons (Fsp3) is 0.387. The Kier molecular flexibility index (Phi) is 9.51. The largest absolute Gasteiger partial charge is 0.422 e. The van der Waals surface area contributed by atoms with Crippen LogP contribution in [0.15, 0.2) is 60.7 Å². The van der Waals surface area contributed by atoms with Crippen LogP contribution in [0.1, 0.15) is 24.0 Å². The minimum Gasteiger partial charge on any atom is -0.370 e. The lowest BCUT2D eigenvalue weighted by Gasteiger charge is -2.35. The van der Waals surface area contributed by atoms with Crippen LogP contribution in [-0.4, -0.2) is 48.6 Å². The number of aryl methyl sites for hydroxylation is 1. The molecule has 0 saturated carbocycles. The molecule has 14 heteroatoms. The lowest BCUT2D eigenvalue weighted by molar-refractivity contribution is -0.274. The van der Waals surface area contributed by atoms with Crippen molar-refractivity contribution in [3.63, 3.8) is 0 Å². The number of benzene rings is 3. The number of anilines is 3. The van der Waals surface area contributed by atoms with Gasteiger partial charge in [0.25, 0.3) is 0 Å². The second-order valence-corrected chi connectivity index (χ2v) is 11.9. The highest BCUT2D eigenvalue weighted by molar-refractivity contribution is 6.34. The topological polar surface area (TPSA) is 54.4 Å². The average molecular weight is 675 g/mol. The molecule has 1 fully saturated rings. The van der Waals surface area contributed by atoms with E-state index in [9.17, 15) is 26.3 Å². The van der Waals surface area contributed by atoms with Gasteiger partial charge >= 0.3 is 12.4 Å². The van der Waals surface area contributed by atoms with Crippen molar-refractivity contribution in [3.05, 3.63) is 81.8 Å². The van der Waals surface area contributed by atoms with E-state index >= 15 is 0 Å². The zero-order valence-electron chi connectivity index (χ0n) is 24.4. The standard InChI is InChI=1S/C31H31Cl2F6N5O/c1-43-27-15-26(44-12-6-9-21(17-44)30(34,35)36)23(33)14-25(27)42-28(43)41-24-13-19(10-11-22(24)32)16-40-18-29(45-2,31(37,38)39)20-7-4-3-5-8-20/h3-5,7-8,10-11,13-15,21,40H,6,9,12,16-18H2,1-2H3,(H,41,42). The average Bonchev–Trinajstić information content (AvgIpc) is 3.29. The number of nitrogens with one attached hydrogen (secondary N) is 2. The Morgan fingerprint density at radius 1 is 0.978 bits per heavy atom. The van der Waals surface area contributed by atoms with Crippen LogP contribution in [0, 0.1) is 5.92 Å². The van der Waals surface area contributed by atoms with E-state index in [4.69, 9.17) is 27.9 Å². The van der Waals surface area contributed by atoms with Gasteiger partial charge in [-0.2, -0.15) is 26.3 Å². The number of nitrogens with zero attached hydrogens (tertiary/aromatic N) is 3. The highest BCUT2D eigenvalue weighted by Crippen LogP contribution is 2.42. The molecule has 3 aromatic carbocycles. The van der Waals surface area contributed by atoms with E-state index in [0.717, 1.165) is 7.11 Å². The summed E-state index contributed by atoms with van der Waals surface area (Å²) in [5.74, 6) is -1.04. The molecular formula is C31H31Cl2F6N5O. The molecule has 0 bridgehead atoms. The minimum absolute atomic E-state index is 0.0171. The number of fused-ring (bicyclic) bond motifs is 1. The molecule has 6 nitrogen and oxygen atoms in total. The molecule has 2 unspecified atom stereocenters. The Morgan fingerprint density at radius 2 is 1.71 bits per heavy atom. The van der Waals surface area contributed by atoms with Crippen LogP contribution in [0.2, 0.25) is 10.0 Å². The van der Waals surface area contributed by atoms with Crippen molar-refractivity contribution in [2.45, 2.75) is 37.3 Å². The zero-order valence-corrected chi connectivity index (χ0v) is 25.9. The van der Waals surface area contributed by atoms with Gasteiger partial charge in [0.05, 0.1) is 38.4 Å². The van der Waals surface area contributed by atoms with Gasteiger partial charge in [0.1, 0.15) is 0 Å². The smallest absolute Gasteiger partial charge is 0.370 e. The Balaban J connectivity index is 1.34. The van der Waals surface area contributed by atoms with Crippen LogP contribution in [0.3, 0.4) is 0 Å². The number of rotatable bonds is 9. The maximum Gasteiger partial charge on any atom is 0.422 e. The van der Waals surface area contributed by atoms with Gasteiger partial charge in [-0.3, -0.25) is 0 Å². The number of alkyl halides is 6. The monoisotopic (exact) mass is 673 g/mol. The van der Waals surface area contributed by atoms with Gasteiger partial charge in [0, 0.05) is 40.3 Å². The first kappa shape index (κ1) is 33.2. The number of ether oxygens (including phenoxy) is 1. The Bertz CT molecular complexity index is 1650. The van der Waals surface area contributed by atoms with E-state index in [1.807, 2.05) is 0 Å². The summed E-state index contributed by atoms with van der Waals surface area (Å²) >= 11 is 13.0. The lowest BCUT2D eigenvalue weighted by atomic mass is 9.92. The van der Waals surface area contributed by atoms with Crippen molar-refractivity contribution in [3.8, 4) is 0 Å². The van der Waals surface area contributed by atoms with E-state index in [-0.39, 0.29) is 25.1 Å². The molecule has 1 aliphatic heterocycles. The van der Waals surface area contributed by atoms with Crippen LogP contribution in [-0.2, 0) is 23.9 Å². The minimum atomic E-state index is -4.68. The first-order valence-electron chi connectivity index (χ1n) is 14.1. The first-order chi connectivity index (χ1) is 21.2. The van der Waals surface area contributed by atoms with Crippen molar-refractivity contribution in [2.24, 2.45) is 13.0 Å². The van der Waals surface area contributed by atoms with E-state index < -0.39 is 30.4 Å². The normalized spacial score (nSPS) is 17.5. The molecule has 0 amide bonds. The number of piperidine rings is 1. The van der Waals surface area contributed by atoms with Gasteiger partial charge in [-0.15, -0.1) is 0 Å². The molecule has 2 N–H and O–H groups in total. The molecule has 0 spiro atoms. The summed E-state index contributed by atoms with van der Waals surface area (Å²) in [6.45, 7) is -0.169. The number of methoxy groups -OCH3 is 1. The number of halogens is 8. The molecule has 0 radical (unpaired) electrons. The van der Waals surface area contributed by atoms with Crippen molar-refractivity contribution in [1.82, 2.24) is 14.9 Å². The molecule has 5 rings (SSSR count). The van der Waals surface area contributed by atoms with Crippen molar-refractivity contribution in [2.75, 3.05) is 37.0 Å². The predicted octanol–water partition coefficient (Wildman–Crippen LogP) is 8.60. The number of aromatic nitrogens is 2. The van der Waals surface area contributed by atoms with Crippen LogP contribution in [0.25, 0.3) is 11.0 Å². The SMILES string of the molecule is COC(CNCc1ccc(Cl)c(Nc2nc3cc(Cl)c(N4CCCC(C(F)(F)F)C4)cc3n2C)c1)(c1ccccc1)C(F)(F)F. The number of hydrogen-bond acceptors (Lipinski definition) is 5. The second-order valence-electron chi connectivity index (χ2n) is 11.1. The molecule has 0 aliphatic carbocycles. The van der Waals surface area contributed by atoms with Crippen LogP contribution in [0.4, 0.5) is 43.7 Å². The molecule has 4 aromatic rings. The van der Waals surface area contributed by atoms with E-state index in [1.165, 1.54) is 24.3 Å². The van der Waals surface area contributed by atoms with Crippen molar-refractivity contribution in [1.29, 1.82) is 0 Å². The summed E-state index contributed by atoms with van der Waals surface area (Å²) in [7, 11) is 2.78. The Hall–Kier alpha value is -3.19. The van der Waals surface area contributed by atoms with E-state index in [0.29, 0.717) is 56.9 Å². The van der Waals surface area contributed by atoms with Gasteiger partial charge in [-0.1, -0.05) is 59.6 Å². The summed E-state index contributed by atoms with van der Waals surface area (Å²) in [5.41, 5.74) is 0.213. The molecule has 1 aromatic heterocycles. The summed E-state index contributed by atoms with van der Waals surface area (Å²) in [4.78, 5) is 6.26. The summed E-state index contributed by atoms with van der Waals surface area (Å²) in [6, 6.07) is 15.8. The van der Waals surface area contributed by atoms with Gasteiger partial charge < -0.3 is 24.8 Å². The summed E-state index contributed by atoms with van der Waals surface area (Å²) < 4.78 is 89.8. The fourth-order valence-electron chi connectivity index (χ4n) is 5.68. The lowest BCUT2D eigenvalue weighted by Crippen LogP contribution is -2.51. The first-order valence-corrected chi connectivity index (χ1v) is 14.9. The highest BCUT2D eigenvalue weighted by atomic mass is 35.5. The van der Waals surface area contributed by atoms with E-state index in [2.05, 4.69) is 15.6 Å². The predicted molar refractivity (Wildman–Crippen MR) is 164 cm³/mol. The Morgan fingerprint density at radius 3 is 2.38 bits per heavy atom. The third kappa shape index (κ3) is 6.84. The third-order valence-electron chi connectivity index (χ3n) is 8.20. The molecule has 2 atom stereocenters. The van der Waals surface area contributed by atoms with Crippen LogP contribution < -0.4 is 15.5 Å².